The number of anilines is 1. The van der Waals surface area contributed by atoms with Crippen LogP contribution < -0.4 is 14.8 Å². The first-order valence-electron chi connectivity index (χ1n) is 9.83. The Bertz CT molecular complexity index is 1100. The highest BCUT2D eigenvalue weighted by atomic mass is 19.4. The van der Waals surface area contributed by atoms with Crippen LogP contribution in [0.3, 0.4) is 0 Å². The van der Waals surface area contributed by atoms with Gasteiger partial charge in [0.05, 0.1) is 18.2 Å². The van der Waals surface area contributed by atoms with Crippen LogP contribution in [0.15, 0.2) is 30.5 Å². The van der Waals surface area contributed by atoms with E-state index in [2.05, 4.69) is 20.3 Å². The lowest BCUT2D eigenvalue weighted by atomic mass is 10.1. The van der Waals surface area contributed by atoms with Crippen molar-refractivity contribution in [3.63, 3.8) is 0 Å². The average molecular weight is 450 g/mol. The van der Waals surface area contributed by atoms with E-state index in [0.29, 0.717) is 39.6 Å². The number of aryl methyl sites for hydroxylation is 1. The van der Waals surface area contributed by atoms with Gasteiger partial charge in [0, 0.05) is 31.3 Å². The molecule has 1 aromatic carbocycles. The molecule has 0 saturated carbocycles. The molecule has 0 atom stereocenters. The van der Waals surface area contributed by atoms with E-state index in [1.165, 1.54) is 13.2 Å². The summed E-state index contributed by atoms with van der Waals surface area (Å²) in [6, 6.07) is 6.00. The predicted octanol–water partition coefficient (Wildman–Crippen LogP) is 4.78. The standard InChI is InChI=1S/C22H25F3N4O3/c1-13-28-16-10-17(30-4)18(32-12-21(2,3)31-5)9-15(16)20(29-13)27-11-14-6-7-26-19(8-14)22(23,24)25/h6-10H,11-12H2,1-5H3,(H,27,28,29). The quantitative estimate of drug-likeness (QED) is 0.529. The molecule has 0 bridgehead atoms. The number of ether oxygens (including phenoxy) is 3. The summed E-state index contributed by atoms with van der Waals surface area (Å²) >= 11 is 0. The van der Waals surface area contributed by atoms with Crippen LogP contribution in [-0.4, -0.2) is 41.4 Å². The largest absolute Gasteiger partial charge is 0.493 e. The minimum atomic E-state index is -4.51. The van der Waals surface area contributed by atoms with Gasteiger partial charge in [0.2, 0.25) is 0 Å². The van der Waals surface area contributed by atoms with Crippen LogP contribution in [0.1, 0.15) is 30.9 Å². The first-order chi connectivity index (χ1) is 15.0. The van der Waals surface area contributed by atoms with E-state index < -0.39 is 17.5 Å². The summed E-state index contributed by atoms with van der Waals surface area (Å²) in [5, 5.41) is 3.75. The van der Waals surface area contributed by atoms with Crippen LogP contribution in [0.2, 0.25) is 0 Å². The molecule has 0 amide bonds. The highest BCUT2D eigenvalue weighted by molar-refractivity contribution is 5.91. The molecule has 0 aliphatic heterocycles. The van der Waals surface area contributed by atoms with E-state index in [1.807, 2.05) is 13.8 Å². The van der Waals surface area contributed by atoms with Crippen LogP contribution >= 0.6 is 0 Å². The van der Waals surface area contributed by atoms with Gasteiger partial charge in [0.25, 0.3) is 0 Å². The number of nitrogens with one attached hydrogen (secondary N) is 1. The molecule has 10 heteroatoms. The topological polar surface area (TPSA) is 78.4 Å². The highest BCUT2D eigenvalue weighted by Crippen LogP contribution is 2.35. The van der Waals surface area contributed by atoms with Gasteiger partial charge in [-0.2, -0.15) is 13.2 Å². The van der Waals surface area contributed by atoms with Crippen molar-refractivity contribution in [2.75, 3.05) is 26.1 Å². The zero-order valence-electron chi connectivity index (χ0n) is 18.5. The molecule has 2 heterocycles. The second-order valence-corrected chi connectivity index (χ2v) is 7.79. The van der Waals surface area contributed by atoms with Crippen molar-refractivity contribution in [1.82, 2.24) is 15.0 Å². The maximum Gasteiger partial charge on any atom is 0.433 e. The van der Waals surface area contributed by atoms with Crippen molar-refractivity contribution in [3.8, 4) is 11.5 Å². The normalized spacial score (nSPS) is 12.1. The van der Waals surface area contributed by atoms with E-state index in [4.69, 9.17) is 14.2 Å². The Kier molecular flexibility index (Phi) is 6.73. The number of halogens is 3. The molecule has 3 rings (SSSR count). The molecule has 2 aromatic heterocycles. The van der Waals surface area contributed by atoms with Gasteiger partial charge in [-0.1, -0.05) is 0 Å². The summed E-state index contributed by atoms with van der Waals surface area (Å²) < 4.78 is 55.6. The third kappa shape index (κ3) is 5.56. The van der Waals surface area contributed by atoms with Gasteiger partial charge in [0.15, 0.2) is 11.5 Å². The molecule has 1 N–H and O–H groups in total. The highest BCUT2D eigenvalue weighted by Gasteiger charge is 2.32. The maximum absolute atomic E-state index is 13.0. The predicted molar refractivity (Wildman–Crippen MR) is 114 cm³/mol. The van der Waals surface area contributed by atoms with E-state index in [1.54, 1.807) is 26.2 Å². The minimum Gasteiger partial charge on any atom is -0.493 e. The molecular formula is C22H25F3N4O3. The minimum absolute atomic E-state index is 0.121. The number of fused-ring (bicyclic) bond motifs is 1. The lowest BCUT2D eigenvalue weighted by Crippen LogP contribution is -2.30. The Labute approximate surface area is 184 Å². The molecule has 0 aliphatic rings. The van der Waals surface area contributed by atoms with E-state index >= 15 is 0 Å². The van der Waals surface area contributed by atoms with Gasteiger partial charge in [-0.15, -0.1) is 0 Å². The molecule has 3 aromatic rings. The smallest absolute Gasteiger partial charge is 0.433 e. The number of rotatable bonds is 8. The number of hydrogen-bond donors (Lipinski definition) is 1. The fourth-order valence-electron chi connectivity index (χ4n) is 2.90. The molecule has 0 aliphatic carbocycles. The van der Waals surface area contributed by atoms with E-state index in [-0.39, 0.29) is 13.2 Å². The van der Waals surface area contributed by atoms with Crippen molar-refractivity contribution < 1.29 is 27.4 Å². The van der Waals surface area contributed by atoms with Gasteiger partial charge in [-0.3, -0.25) is 4.98 Å². The lowest BCUT2D eigenvalue weighted by Gasteiger charge is -2.23. The van der Waals surface area contributed by atoms with Crippen molar-refractivity contribution in [2.45, 2.75) is 39.1 Å². The number of benzene rings is 1. The van der Waals surface area contributed by atoms with Gasteiger partial charge in [-0.25, -0.2) is 9.97 Å². The van der Waals surface area contributed by atoms with Gasteiger partial charge >= 0.3 is 6.18 Å². The lowest BCUT2D eigenvalue weighted by molar-refractivity contribution is -0.141. The van der Waals surface area contributed by atoms with E-state index in [9.17, 15) is 13.2 Å². The summed E-state index contributed by atoms with van der Waals surface area (Å²) in [7, 11) is 3.13. The molecule has 172 valence electrons. The van der Waals surface area contributed by atoms with Crippen molar-refractivity contribution in [2.24, 2.45) is 0 Å². The summed E-state index contributed by atoms with van der Waals surface area (Å²) in [4.78, 5) is 12.3. The second kappa shape index (κ2) is 9.15. The van der Waals surface area contributed by atoms with Crippen molar-refractivity contribution in [1.29, 1.82) is 0 Å². The number of pyridine rings is 1. The number of alkyl halides is 3. The average Bonchev–Trinajstić information content (AvgIpc) is 2.75. The molecule has 0 spiro atoms. The van der Waals surface area contributed by atoms with E-state index in [0.717, 1.165) is 12.3 Å². The molecule has 0 radical (unpaired) electrons. The van der Waals surface area contributed by atoms with Crippen LogP contribution in [-0.2, 0) is 17.5 Å². The first kappa shape index (κ1) is 23.5. The summed E-state index contributed by atoms with van der Waals surface area (Å²) in [6.45, 7) is 5.92. The van der Waals surface area contributed by atoms with Gasteiger partial charge in [-0.05, 0) is 44.5 Å². The Morgan fingerprint density at radius 1 is 1.03 bits per heavy atom. The Morgan fingerprint density at radius 2 is 1.78 bits per heavy atom. The first-order valence-corrected chi connectivity index (χ1v) is 9.83. The van der Waals surface area contributed by atoms with Crippen LogP contribution in [0.5, 0.6) is 11.5 Å². The summed E-state index contributed by atoms with van der Waals surface area (Å²) in [6.07, 6.45) is -3.37. The summed E-state index contributed by atoms with van der Waals surface area (Å²) in [5.41, 5.74) is -0.422. The third-order valence-electron chi connectivity index (χ3n) is 4.80. The Balaban J connectivity index is 1.93. The molecule has 0 unspecified atom stereocenters. The zero-order chi connectivity index (χ0) is 23.5. The molecule has 0 saturated heterocycles. The fraction of sp³-hybridized carbons (Fsp3) is 0.409. The summed E-state index contributed by atoms with van der Waals surface area (Å²) in [5.74, 6) is 1.94. The van der Waals surface area contributed by atoms with Crippen LogP contribution in [0.25, 0.3) is 10.9 Å². The van der Waals surface area contributed by atoms with Crippen LogP contribution in [0.4, 0.5) is 19.0 Å². The Hall–Kier alpha value is -3.14. The number of hydrogen-bond acceptors (Lipinski definition) is 7. The van der Waals surface area contributed by atoms with Crippen LogP contribution in [0, 0.1) is 6.92 Å². The Morgan fingerprint density at radius 3 is 2.44 bits per heavy atom. The third-order valence-corrected chi connectivity index (χ3v) is 4.80. The number of methoxy groups -OCH3 is 2. The maximum atomic E-state index is 13.0. The second-order valence-electron chi connectivity index (χ2n) is 7.79. The van der Waals surface area contributed by atoms with Crippen molar-refractivity contribution in [3.05, 3.63) is 47.5 Å². The molecular weight excluding hydrogens is 425 g/mol. The SMILES string of the molecule is COc1cc2nc(C)nc(NCc3ccnc(C(F)(F)F)c3)c2cc1OCC(C)(C)OC. The molecule has 32 heavy (non-hydrogen) atoms. The molecule has 7 nitrogen and oxygen atoms in total. The number of nitrogens with zero attached hydrogens (tertiary/aromatic N) is 3. The van der Waals surface area contributed by atoms with Crippen molar-refractivity contribution >= 4 is 16.7 Å². The fourth-order valence-corrected chi connectivity index (χ4v) is 2.90. The monoisotopic (exact) mass is 450 g/mol. The molecule has 0 fully saturated rings. The van der Waals surface area contributed by atoms with Gasteiger partial charge < -0.3 is 19.5 Å². The zero-order valence-corrected chi connectivity index (χ0v) is 18.5. The van der Waals surface area contributed by atoms with Gasteiger partial charge in [0.1, 0.15) is 23.9 Å². The number of aromatic nitrogens is 3.